The summed E-state index contributed by atoms with van der Waals surface area (Å²) in [5.74, 6) is -0.0470. The second kappa shape index (κ2) is 10.5. The standard InChI is InChI=1S/C21H18FN5O.C7H8/c1-12-5-10-16(22)18(11-12)25-21(28)24-14-8-6-13(7-9-14)15-3-2-4-17-19(15)20(23)27-26-17;1-7-5-3-2-4-6-7/h2-11H,1H3,(H3,23,26,27)(H2,24,25,28);2-6H,1H3. The van der Waals surface area contributed by atoms with E-state index in [4.69, 9.17) is 5.73 Å². The summed E-state index contributed by atoms with van der Waals surface area (Å²) in [5, 5.41) is 13.0. The summed E-state index contributed by atoms with van der Waals surface area (Å²) in [6.45, 7) is 3.91. The number of aromatic amines is 1. The number of benzene rings is 4. The van der Waals surface area contributed by atoms with E-state index in [2.05, 4.69) is 39.9 Å². The first-order chi connectivity index (χ1) is 16.9. The van der Waals surface area contributed by atoms with Gasteiger partial charge in [-0.05, 0) is 60.9 Å². The van der Waals surface area contributed by atoms with E-state index in [1.165, 1.54) is 11.6 Å². The predicted molar refractivity (Wildman–Crippen MR) is 141 cm³/mol. The highest BCUT2D eigenvalue weighted by molar-refractivity contribution is 6.02. The van der Waals surface area contributed by atoms with Crippen LogP contribution in [0.25, 0.3) is 22.0 Å². The molecule has 7 heteroatoms. The van der Waals surface area contributed by atoms with Crippen LogP contribution in [0.1, 0.15) is 11.1 Å². The van der Waals surface area contributed by atoms with Crippen LogP contribution in [0, 0.1) is 19.7 Å². The molecular weight excluding hydrogens is 441 g/mol. The van der Waals surface area contributed by atoms with E-state index in [9.17, 15) is 9.18 Å². The lowest BCUT2D eigenvalue weighted by Crippen LogP contribution is -2.20. The second-order valence-electron chi connectivity index (χ2n) is 8.13. The zero-order chi connectivity index (χ0) is 24.8. The number of aryl methyl sites for hydroxylation is 2. The molecule has 5 rings (SSSR count). The molecule has 0 saturated carbocycles. The Morgan fingerprint density at radius 3 is 2.29 bits per heavy atom. The topological polar surface area (TPSA) is 95.8 Å². The van der Waals surface area contributed by atoms with Crippen LogP contribution in [0.5, 0.6) is 0 Å². The minimum absolute atomic E-state index is 0.135. The fourth-order valence-electron chi connectivity index (χ4n) is 3.63. The molecule has 1 heterocycles. The molecule has 4 aromatic carbocycles. The summed E-state index contributed by atoms with van der Waals surface area (Å²) in [4.78, 5) is 12.2. The molecule has 6 nitrogen and oxygen atoms in total. The summed E-state index contributed by atoms with van der Waals surface area (Å²) < 4.78 is 13.8. The number of anilines is 3. The summed E-state index contributed by atoms with van der Waals surface area (Å²) in [5.41, 5.74) is 11.6. The Morgan fingerprint density at radius 2 is 1.60 bits per heavy atom. The maximum Gasteiger partial charge on any atom is 0.323 e. The Hall–Kier alpha value is -4.65. The highest BCUT2D eigenvalue weighted by Gasteiger charge is 2.11. The first kappa shape index (κ1) is 23.5. The lowest BCUT2D eigenvalue weighted by atomic mass is 10.0. The third kappa shape index (κ3) is 5.83. The summed E-state index contributed by atoms with van der Waals surface area (Å²) in [6, 6.07) is 27.4. The normalized spacial score (nSPS) is 10.4. The number of nitrogens with two attached hydrogens (primary N) is 1. The average molecular weight is 468 g/mol. The van der Waals surface area contributed by atoms with Crippen molar-refractivity contribution in [3.8, 4) is 11.1 Å². The third-order valence-corrected chi connectivity index (χ3v) is 5.38. The van der Waals surface area contributed by atoms with Crippen molar-refractivity contribution < 1.29 is 9.18 Å². The van der Waals surface area contributed by atoms with Gasteiger partial charge in [0.1, 0.15) is 5.82 Å². The molecule has 0 radical (unpaired) electrons. The van der Waals surface area contributed by atoms with Crippen molar-refractivity contribution in [3.05, 3.63) is 108 Å². The van der Waals surface area contributed by atoms with E-state index >= 15 is 0 Å². The van der Waals surface area contributed by atoms with Crippen molar-refractivity contribution in [2.75, 3.05) is 16.4 Å². The number of urea groups is 1. The highest BCUT2D eigenvalue weighted by atomic mass is 19.1. The number of hydrogen-bond donors (Lipinski definition) is 4. The number of carbonyl (C=O) groups excluding carboxylic acids is 1. The molecule has 1 aromatic heterocycles. The van der Waals surface area contributed by atoms with Gasteiger partial charge in [-0.15, -0.1) is 0 Å². The van der Waals surface area contributed by atoms with Gasteiger partial charge in [0.2, 0.25) is 0 Å². The Balaban J connectivity index is 0.000000356. The van der Waals surface area contributed by atoms with Crippen molar-refractivity contribution in [1.29, 1.82) is 0 Å². The minimum Gasteiger partial charge on any atom is -0.382 e. The summed E-state index contributed by atoms with van der Waals surface area (Å²) in [7, 11) is 0. The summed E-state index contributed by atoms with van der Waals surface area (Å²) >= 11 is 0. The van der Waals surface area contributed by atoms with Gasteiger partial charge < -0.3 is 16.4 Å². The van der Waals surface area contributed by atoms with Crippen LogP contribution in [0.3, 0.4) is 0 Å². The third-order valence-electron chi connectivity index (χ3n) is 5.38. The minimum atomic E-state index is -0.515. The quantitative estimate of drug-likeness (QED) is 0.232. The molecule has 0 unspecified atom stereocenters. The SMILES string of the molecule is Cc1ccc(F)c(NC(=O)Nc2ccc(-c3cccc4[nH]nc(N)c34)cc2)c1.Cc1ccccc1. The van der Waals surface area contributed by atoms with E-state index in [1.54, 1.807) is 24.3 Å². The molecule has 0 bridgehead atoms. The molecule has 176 valence electrons. The van der Waals surface area contributed by atoms with Gasteiger partial charge in [-0.25, -0.2) is 9.18 Å². The number of nitrogens with zero attached hydrogens (tertiary/aromatic N) is 1. The van der Waals surface area contributed by atoms with Gasteiger partial charge in [0.25, 0.3) is 0 Å². The van der Waals surface area contributed by atoms with Crippen molar-refractivity contribution in [2.24, 2.45) is 0 Å². The van der Waals surface area contributed by atoms with Gasteiger partial charge in [0.05, 0.1) is 16.6 Å². The number of hydrogen-bond acceptors (Lipinski definition) is 3. The van der Waals surface area contributed by atoms with Crippen LogP contribution in [0.4, 0.5) is 26.4 Å². The Morgan fingerprint density at radius 1 is 0.857 bits per heavy atom. The number of nitrogen functional groups attached to an aromatic ring is 1. The first-order valence-electron chi connectivity index (χ1n) is 11.1. The molecule has 0 aliphatic carbocycles. The van der Waals surface area contributed by atoms with Gasteiger partial charge in [-0.1, -0.05) is 66.2 Å². The Kier molecular flexibility index (Phi) is 7.07. The van der Waals surface area contributed by atoms with E-state index in [-0.39, 0.29) is 5.69 Å². The first-order valence-corrected chi connectivity index (χ1v) is 11.1. The van der Waals surface area contributed by atoms with Crippen LogP contribution in [0.2, 0.25) is 0 Å². The maximum atomic E-state index is 13.8. The van der Waals surface area contributed by atoms with Crippen LogP contribution < -0.4 is 16.4 Å². The van der Waals surface area contributed by atoms with E-state index in [0.29, 0.717) is 11.5 Å². The highest BCUT2D eigenvalue weighted by Crippen LogP contribution is 2.31. The molecule has 0 spiro atoms. The second-order valence-corrected chi connectivity index (χ2v) is 8.13. The zero-order valence-corrected chi connectivity index (χ0v) is 19.5. The van der Waals surface area contributed by atoms with E-state index < -0.39 is 11.8 Å². The molecule has 0 saturated heterocycles. The van der Waals surface area contributed by atoms with Crippen molar-refractivity contribution in [2.45, 2.75) is 13.8 Å². The smallest absolute Gasteiger partial charge is 0.323 e. The van der Waals surface area contributed by atoms with Crippen LogP contribution in [-0.4, -0.2) is 16.2 Å². The van der Waals surface area contributed by atoms with Crippen LogP contribution in [0.15, 0.2) is 91.0 Å². The molecule has 0 aliphatic rings. The lowest BCUT2D eigenvalue weighted by Gasteiger charge is -2.10. The molecule has 0 fully saturated rings. The molecule has 2 amide bonds. The predicted octanol–water partition coefficient (Wildman–Crippen LogP) is 6.90. The molecule has 0 atom stereocenters. The molecule has 5 aromatic rings. The fraction of sp³-hybridized carbons (Fsp3) is 0.0714. The van der Waals surface area contributed by atoms with E-state index in [1.807, 2.05) is 55.5 Å². The van der Waals surface area contributed by atoms with Gasteiger partial charge in [-0.2, -0.15) is 5.10 Å². The van der Waals surface area contributed by atoms with Gasteiger partial charge >= 0.3 is 6.03 Å². The summed E-state index contributed by atoms with van der Waals surface area (Å²) in [6.07, 6.45) is 0. The lowest BCUT2D eigenvalue weighted by molar-refractivity contribution is 0.262. The van der Waals surface area contributed by atoms with Gasteiger partial charge in [0, 0.05) is 5.69 Å². The van der Waals surface area contributed by atoms with Crippen molar-refractivity contribution in [3.63, 3.8) is 0 Å². The number of amides is 2. The monoisotopic (exact) mass is 467 g/mol. The largest absolute Gasteiger partial charge is 0.382 e. The van der Waals surface area contributed by atoms with Crippen molar-refractivity contribution in [1.82, 2.24) is 10.2 Å². The molecular formula is C28H26FN5O. The average Bonchev–Trinajstić information content (AvgIpc) is 3.24. The molecule has 35 heavy (non-hydrogen) atoms. The number of carbonyl (C=O) groups is 1. The Labute approximate surface area is 203 Å². The number of nitrogens with one attached hydrogen (secondary N) is 3. The number of aromatic nitrogens is 2. The Bertz CT molecular complexity index is 1450. The number of halogens is 1. The fourth-order valence-corrected chi connectivity index (χ4v) is 3.63. The van der Waals surface area contributed by atoms with Gasteiger partial charge in [0.15, 0.2) is 5.82 Å². The van der Waals surface area contributed by atoms with E-state index in [0.717, 1.165) is 27.6 Å². The van der Waals surface area contributed by atoms with Crippen molar-refractivity contribution >= 4 is 34.1 Å². The van der Waals surface area contributed by atoms with Crippen LogP contribution in [-0.2, 0) is 0 Å². The number of fused-ring (bicyclic) bond motifs is 1. The maximum absolute atomic E-state index is 13.8. The molecule has 0 aliphatic heterocycles. The van der Waals surface area contributed by atoms with Crippen LogP contribution >= 0.6 is 0 Å². The number of H-pyrrole nitrogens is 1. The number of rotatable bonds is 3. The van der Waals surface area contributed by atoms with Gasteiger partial charge in [-0.3, -0.25) is 5.10 Å². The zero-order valence-electron chi connectivity index (χ0n) is 19.5. The molecule has 5 N–H and O–H groups in total.